The summed E-state index contributed by atoms with van der Waals surface area (Å²) in [6, 6.07) is 15.6. The van der Waals surface area contributed by atoms with Crippen molar-refractivity contribution in [3.8, 4) is 5.75 Å². The smallest absolute Gasteiger partial charge is 0.254 e. The summed E-state index contributed by atoms with van der Waals surface area (Å²) in [5.41, 5.74) is 5.66. The van der Waals surface area contributed by atoms with Crippen LogP contribution in [0.15, 0.2) is 71.1 Å². The van der Waals surface area contributed by atoms with Crippen LogP contribution in [0.5, 0.6) is 5.75 Å². The highest BCUT2D eigenvalue weighted by atomic mass is 16.5. The van der Waals surface area contributed by atoms with E-state index in [0.29, 0.717) is 29.0 Å². The van der Waals surface area contributed by atoms with Gasteiger partial charge in [0.05, 0.1) is 12.8 Å². The zero-order valence-electron chi connectivity index (χ0n) is 20.0. The van der Waals surface area contributed by atoms with E-state index in [0.717, 1.165) is 29.8 Å². The molecule has 5 heteroatoms. The number of aryl methyl sites for hydroxylation is 1. The molecule has 2 aromatic carbocycles. The molecule has 0 unspecified atom stereocenters. The molecule has 1 amide bonds. The van der Waals surface area contributed by atoms with Crippen molar-refractivity contribution in [2.75, 3.05) is 12.4 Å². The predicted octanol–water partition coefficient (Wildman–Crippen LogP) is 5.50. The van der Waals surface area contributed by atoms with Crippen molar-refractivity contribution in [2.24, 2.45) is 5.41 Å². The number of hydrogen-bond donors (Lipinski definition) is 2. The normalized spacial score (nSPS) is 19.7. The molecule has 4 rings (SSSR count). The molecule has 1 aliphatic carbocycles. The number of ether oxygens (including phenoxy) is 1. The molecule has 1 heterocycles. The van der Waals surface area contributed by atoms with Crippen molar-refractivity contribution in [3.63, 3.8) is 0 Å². The maximum atomic E-state index is 13.7. The van der Waals surface area contributed by atoms with Crippen LogP contribution < -0.4 is 15.4 Å². The van der Waals surface area contributed by atoms with Gasteiger partial charge in [0.15, 0.2) is 5.78 Å². The molecule has 5 nitrogen and oxygen atoms in total. The maximum absolute atomic E-state index is 13.7. The third kappa shape index (κ3) is 4.45. The van der Waals surface area contributed by atoms with Crippen molar-refractivity contribution in [3.05, 3.63) is 82.2 Å². The Balaban J connectivity index is 1.80. The van der Waals surface area contributed by atoms with Gasteiger partial charge in [-0.05, 0) is 48.4 Å². The zero-order chi connectivity index (χ0) is 23.8. The van der Waals surface area contributed by atoms with Gasteiger partial charge in [-0.2, -0.15) is 0 Å². The second kappa shape index (κ2) is 8.89. The van der Waals surface area contributed by atoms with Crippen LogP contribution in [0, 0.1) is 5.41 Å². The highest BCUT2D eigenvalue weighted by molar-refractivity contribution is 6.10. The van der Waals surface area contributed by atoms with Gasteiger partial charge in [0, 0.05) is 34.9 Å². The van der Waals surface area contributed by atoms with E-state index in [2.05, 4.69) is 55.7 Å². The van der Waals surface area contributed by atoms with E-state index in [9.17, 15) is 9.59 Å². The minimum atomic E-state index is -0.412. The van der Waals surface area contributed by atoms with Crippen LogP contribution in [0.4, 0.5) is 5.69 Å². The molecule has 2 N–H and O–H groups in total. The van der Waals surface area contributed by atoms with Crippen LogP contribution in [-0.4, -0.2) is 18.8 Å². The Morgan fingerprint density at radius 3 is 2.48 bits per heavy atom. The van der Waals surface area contributed by atoms with E-state index in [1.807, 2.05) is 31.2 Å². The first-order valence-corrected chi connectivity index (χ1v) is 11.5. The fourth-order valence-electron chi connectivity index (χ4n) is 4.95. The number of Topliss-reactive ketones (excluding diaryl/α,β-unsaturated/α-hetero) is 1. The first kappa shape index (κ1) is 22.8. The van der Waals surface area contributed by atoms with Crippen molar-refractivity contribution in [1.82, 2.24) is 5.32 Å². The van der Waals surface area contributed by atoms with Gasteiger partial charge >= 0.3 is 0 Å². The monoisotopic (exact) mass is 444 g/mol. The molecule has 33 heavy (non-hydrogen) atoms. The fraction of sp³-hybridized carbons (Fsp3) is 0.357. The van der Waals surface area contributed by atoms with E-state index in [-0.39, 0.29) is 17.1 Å². The largest absolute Gasteiger partial charge is 0.495 e. The van der Waals surface area contributed by atoms with Crippen LogP contribution in [-0.2, 0) is 16.0 Å². The highest BCUT2D eigenvalue weighted by Gasteiger charge is 2.42. The average molecular weight is 445 g/mol. The summed E-state index contributed by atoms with van der Waals surface area (Å²) in [5, 5.41) is 6.43. The summed E-state index contributed by atoms with van der Waals surface area (Å²) in [6.45, 7) is 8.26. The lowest BCUT2D eigenvalue weighted by atomic mass is 9.68. The van der Waals surface area contributed by atoms with Gasteiger partial charge < -0.3 is 15.4 Å². The highest BCUT2D eigenvalue weighted by Crippen LogP contribution is 2.46. The summed E-state index contributed by atoms with van der Waals surface area (Å²) in [7, 11) is 1.58. The summed E-state index contributed by atoms with van der Waals surface area (Å²) in [6.07, 6.45) is 2.18. The number of rotatable bonds is 5. The molecule has 0 radical (unpaired) electrons. The summed E-state index contributed by atoms with van der Waals surface area (Å²) in [5.74, 6) is 0.0456. The maximum Gasteiger partial charge on any atom is 0.254 e. The Hall–Kier alpha value is -3.34. The van der Waals surface area contributed by atoms with Crippen LogP contribution in [0.2, 0.25) is 0 Å². The molecule has 0 aromatic heterocycles. The lowest BCUT2D eigenvalue weighted by molar-refractivity contribution is -0.118. The van der Waals surface area contributed by atoms with E-state index >= 15 is 0 Å². The third-order valence-electron chi connectivity index (χ3n) is 6.56. The van der Waals surface area contributed by atoms with Crippen LogP contribution in [0.3, 0.4) is 0 Å². The Bertz CT molecular complexity index is 1160. The minimum Gasteiger partial charge on any atom is -0.495 e. The van der Waals surface area contributed by atoms with Crippen molar-refractivity contribution >= 4 is 17.4 Å². The number of carbonyl (C=O) groups is 2. The number of nitrogens with one attached hydrogen (secondary N) is 2. The molecule has 0 fully saturated rings. The zero-order valence-corrected chi connectivity index (χ0v) is 20.0. The second-order valence-electron chi connectivity index (χ2n) is 9.68. The van der Waals surface area contributed by atoms with Gasteiger partial charge in [0.2, 0.25) is 0 Å². The number of amides is 1. The van der Waals surface area contributed by atoms with Gasteiger partial charge in [-0.15, -0.1) is 0 Å². The van der Waals surface area contributed by atoms with Crippen molar-refractivity contribution in [2.45, 2.75) is 52.9 Å². The lowest BCUT2D eigenvalue weighted by Crippen LogP contribution is -2.39. The van der Waals surface area contributed by atoms with E-state index < -0.39 is 5.92 Å². The lowest BCUT2D eigenvalue weighted by Gasteiger charge is -2.39. The summed E-state index contributed by atoms with van der Waals surface area (Å²) < 4.78 is 5.41. The van der Waals surface area contributed by atoms with Gasteiger partial charge in [-0.1, -0.05) is 57.2 Å². The molecular formula is C28H32N2O3. The van der Waals surface area contributed by atoms with Crippen molar-refractivity contribution in [1.29, 1.82) is 0 Å². The van der Waals surface area contributed by atoms with Gasteiger partial charge in [0.1, 0.15) is 5.75 Å². The molecule has 0 saturated heterocycles. The summed E-state index contributed by atoms with van der Waals surface area (Å²) >= 11 is 0. The van der Waals surface area contributed by atoms with E-state index in [1.165, 1.54) is 5.56 Å². The molecule has 0 saturated carbocycles. The molecule has 2 aromatic rings. The third-order valence-corrected chi connectivity index (χ3v) is 6.56. The standard InChI is InChI=1S/C28H32N2O3/c1-6-18-11-13-19(14-12-18)25-24(27(32)30-20-9-7-8-10-23(20)33-5)17(2)29-21-15-28(3,4)16-22(31)26(21)25/h7-14,25,29H,6,15-16H2,1-5H3,(H,30,32)/t25-/m1/s1. The number of benzene rings is 2. The Morgan fingerprint density at radius 1 is 1.12 bits per heavy atom. The first-order chi connectivity index (χ1) is 15.7. The molecule has 1 atom stereocenters. The van der Waals surface area contributed by atoms with Gasteiger partial charge in [-0.25, -0.2) is 0 Å². The number of dihydropyridines is 1. The van der Waals surface area contributed by atoms with E-state index in [1.54, 1.807) is 7.11 Å². The Kier molecular flexibility index (Phi) is 6.15. The molecule has 0 bridgehead atoms. The second-order valence-corrected chi connectivity index (χ2v) is 9.68. The fourth-order valence-corrected chi connectivity index (χ4v) is 4.95. The quantitative estimate of drug-likeness (QED) is 0.639. The SMILES string of the molecule is CCc1ccc([C@@H]2C(C(=O)Nc3ccccc3OC)=C(C)NC3=C2C(=O)CC(C)(C)C3)cc1. The number of ketones is 1. The van der Waals surface area contributed by atoms with Gasteiger partial charge in [0.25, 0.3) is 5.91 Å². The summed E-state index contributed by atoms with van der Waals surface area (Å²) in [4.78, 5) is 27.1. The minimum absolute atomic E-state index is 0.105. The Morgan fingerprint density at radius 2 is 1.82 bits per heavy atom. The number of carbonyl (C=O) groups excluding carboxylic acids is 2. The first-order valence-electron chi connectivity index (χ1n) is 11.5. The average Bonchev–Trinajstić information content (AvgIpc) is 2.77. The molecule has 172 valence electrons. The number of para-hydroxylation sites is 2. The van der Waals surface area contributed by atoms with Gasteiger partial charge in [-0.3, -0.25) is 9.59 Å². The van der Waals surface area contributed by atoms with Crippen LogP contribution in [0.25, 0.3) is 0 Å². The molecule has 1 aliphatic heterocycles. The van der Waals surface area contributed by atoms with Crippen LogP contribution in [0.1, 0.15) is 57.6 Å². The topological polar surface area (TPSA) is 67.4 Å². The number of anilines is 1. The molecule has 2 aliphatic rings. The number of methoxy groups -OCH3 is 1. The predicted molar refractivity (Wildman–Crippen MR) is 131 cm³/mol. The number of allylic oxidation sites excluding steroid dienone is 3. The number of hydrogen-bond acceptors (Lipinski definition) is 4. The van der Waals surface area contributed by atoms with Crippen LogP contribution >= 0.6 is 0 Å². The molecular weight excluding hydrogens is 412 g/mol. The van der Waals surface area contributed by atoms with Crippen molar-refractivity contribution < 1.29 is 14.3 Å². The Labute approximate surface area is 195 Å². The molecule has 0 spiro atoms. The van der Waals surface area contributed by atoms with E-state index in [4.69, 9.17) is 4.74 Å².